The van der Waals surface area contributed by atoms with E-state index in [1.54, 1.807) is 11.3 Å². The average Bonchev–Trinajstić information content (AvgIpc) is 2.93. The molecule has 2 rings (SSSR count). The van der Waals surface area contributed by atoms with Crippen molar-refractivity contribution in [1.29, 1.82) is 0 Å². The van der Waals surface area contributed by atoms with Gasteiger partial charge in [-0.05, 0) is 12.8 Å². The predicted octanol–water partition coefficient (Wildman–Crippen LogP) is 2.66. The molecule has 0 unspecified atom stereocenters. The van der Waals surface area contributed by atoms with Crippen LogP contribution in [-0.2, 0) is 20.1 Å². The lowest BCUT2D eigenvalue weighted by Crippen LogP contribution is -2.19. The van der Waals surface area contributed by atoms with Crippen LogP contribution in [0.1, 0.15) is 41.7 Å². The van der Waals surface area contributed by atoms with Gasteiger partial charge in [-0.3, -0.25) is 4.68 Å². The number of thiazole rings is 1. The van der Waals surface area contributed by atoms with Crippen molar-refractivity contribution >= 4 is 17.2 Å². The Morgan fingerprint density at radius 3 is 2.57 bits per heavy atom. The molecule has 0 atom stereocenters. The molecular formula is C15H25N5S. The van der Waals surface area contributed by atoms with Gasteiger partial charge in [0.25, 0.3) is 0 Å². The van der Waals surface area contributed by atoms with Gasteiger partial charge in [-0.1, -0.05) is 13.8 Å². The molecule has 0 aromatic carbocycles. The third kappa shape index (κ3) is 3.63. The van der Waals surface area contributed by atoms with Crippen molar-refractivity contribution in [2.75, 3.05) is 19.0 Å². The first kappa shape index (κ1) is 16.0. The summed E-state index contributed by atoms with van der Waals surface area (Å²) in [6, 6.07) is 0. The van der Waals surface area contributed by atoms with E-state index in [1.807, 2.05) is 18.7 Å². The Morgan fingerprint density at radius 1 is 1.33 bits per heavy atom. The minimum absolute atomic E-state index is 0.420. The largest absolute Gasteiger partial charge is 0.363 e. The number of nitrogens with one attached hydrogen (secondary N) is 1. The van der Waals surface area contributed by atoms with E-state index in [0.29, 0.717) is 5.92 Å². The zero-order chi connectivity index (χ0) is 15.6. The van der Waals surface area contributed by atoms with Crippen LogP contribution in [0.3, 0.4) is 0 Å². The molecule has 0 amide bonds. The number of hydrogen-bond acceptors (Lipinski definition) is 5. The SMILES string of the molecule is Cc1nc(CNCc2c(C(C)C)nn(C)c2N(C)C)cs1. The molecule has 116 valence electrons. The molecule has 5 nitrogen and oxygen atoms in total. The molecule has 0 aliphatic rings. The van der Waals surface area contributed by atoms with E-state index < -0.39 is 0 Å². The maximum absolute atomic E-state index is 4.68. The third-order valence-corrected chi connectivity index (χ3v) is 4.21. The van der Waals surface area contributed by atoms with Gasteiger partial charge in [-0.25, -0.2) is 4.98 Å². The van der Waals surface area contributed by atoms with Gasteiger partial charge in [0.05, 0.1) is 16.4 Å². The first-order valence-electron chi connectivity index (χ1n) is 7.25. The van der Waals surface area contributed by atoms with Crippen molar-refractivity contribution in [2.24, 2.45) is 7.05 Å². The topological polar surface area (TPSA) is 46.0 Å². The fourth-order valence-electron chi connectivity index (χ4n) is 2.58. The lowest BCUT2D eigenvalue weighted by Gasteiger charge is -2.16. The fourth-order valence-corrected chi connectivity index (χ4v) is 3.19. The molecule has 0 aliphatic carbocycles. The van der Waals surface area contributed by atoms with Crippen LogP contribution in [0.5, 0.6) is 0 Å². The molecule has 0 fully saturated rings. The summed E-state index contributed by atoms with van der Waals surface area (Å²) in [5.74, 6) is 1.59. The van der Waals surface area contributed by atoms with E-state index in [-0.39, 0.29) is 0 Å². The molecule has 6 heteroatoms. The van der Waals surface area contributed by atoms with Crippen molar-refractivity contribution in [3.05, 3.63) is 27.3 Å². The average molecular weight is 307 g/mol. The lowest BCUT2D eigenvalue weighted by atomic mass is 10.1. The lowest BCUT2D eigenvalue weighted by molar-refractivity contribution is 0.668. The maximum Gasteiger partial charge on any atom is 0.130 e. The Hall–Kier alpha value is -1.40. The van der Waals surface area contributed by atoms with Crippen LogP contribution < -0.4 is 10.2 Å². The van der Waals surface area contributed by atoms with E-state index in [2.05, 4.69) is 53.6 Å². The Bertz CT molecular complexity index is 597. The monoisotopic (exact) mass is 307 g/mol. The highest BCUT2D eigenvalue weighted by molar-refractivity contribution is 7.09. The van der Waals surface area contributed by atoms with Crippen LogP contribution >= 0.6 is 11.3 Å². The van der Waals surface area contributed by atoms with E-state index >= 15 is 0 Å². The molecule has 0 radical (unpaired) electrons. The van der Waals surface area contributed by atoms with Crippen LogP contribution in [-0.4, -0.2) is 28.9 Å². The van der Waals surface area contributed by atoms with Crippen LogP contribution in [0, 0.1) is 6.92 Å². The fraction of sp³-hybridized carbons (Fsp3) is 0.600. The Morgan fingerprint density at radius 2 is 2.05 bits per heavy atom. The zero-order valence-corrected chi connectivity index (χ0v) is 14.6. The zero-order valence-electron chi connectivity index (χ0n) is 13.8. The Kier molecular flexibility index (Phi) is 5.00. The summed E-state index contributed by atoms with van der Waals surface area (Å²) in [6.07, 6.45) is 0. The summed E-state index contributed by atoms with van der Waals surface area (Å²) in [7, 11) is 6.14. The van der Waals surface area contributed by atoms with Gasteiger partial charge in [0.15, 0.2) is 0 Å². The summed E-state index contributed by atoms with van der Waals surface area (Å²) in [4.78, 5) is 6.61. The molecule has 2 aromatic rings. The molecular weight excluding hydrogens is 282 g/mol. The van der Waals surface area contributed by atoms with E-state index in [4.69, 9.17) is 0 Å². The second-order valence-electron chi connectivity index (χ2n) is 5.82. The van der Waals surface area contributed by atoms with E-state index in [1.165, 1.54) is 17.1 Å². The number of hydrogen-bond donors (Lipinski definition) is 1. The molecule has 2 aromatic heterocycles. The van der Waals surface area contributed by atoms with Gasteiger partial charge in [-0.15, -0.1) is 11.3 Å². The summed E-state index contributed by atoms with van der Waals surface area (Å²) in [5, 5.41) is 11.4. The molecule has 0 bridgehead atoms. The highest BCUT2D eigenvalue weighted by atomic mass is 32.1. The third-order valence-electron chi connectivity index (χ3n) is 3.39. The molecule has 0 spiro atoms. The number of aromatic nitrogens is 3. The Balaban J connectivity index is 2.14. The van der Waals surface area contributed by atoms with Gasteiger partial charge in [0, 0.05) is 45.2 Å². The molecule has 1 N–H and O–H groups in total. The Labute approximate surface area is 131 Å². The van der Waals surface area contributed by atoms with Crippen LogP contribution in [0.15, 0.2) is 5.38 Å². The van der Waals surface area contributed by atoms with Crippen molar-refractivity contribution in [2.45, 2.75) is 39.8 Å². The van der Waals surface area contributed by atoms with Gasteiger partial charge >= 0.3 is 0 Å². The predicted molar refractivity (Wildman–Crippen MR) is 89.0 cm³/mol. The van der Waals surface area contributed by atoms with Gasteiger partial charge in [-0.2, -0.15) is 5.10 Å². The normalized spacial score (nSPS) is 11.4. The smallest absolute Gasteiger partial charge is 0.130 e. The number of rotatable bonds is 6. The van der Waals surface area contributed by atoms with Gasteiger partial charge in [0.2, 0.25) is 0 Å². The number of aryl methyl sites for hydroxylation is 2. The maximum atomic E-state index is 4.68. The second kappa shape index (κ2) is 6.58. The number of anilines is 1. The molecule has 21 heavy (non-hydrogen) atoms. The molecule has 0 saturated carbocycles. The standard InChI is InChI=1S/C15H25N5S/c1-10(2)14-13(15(19(4)5)20(6)18-14)8-16-7-12-9-21-11(3)17-12/h9-10,16H,7-8H2,1-6H3. The summed E-state index contributed by atoms with van der Waals surface area (Å²) < 4.78 is 1.97. The van der Waals surface area contributed by atoms with E-state index in [9.17, 15) is 0 Å². The minimum Gasteiger partial charge on any atom is -0.363 e. The highest BCUT2D eigenvalue weighted by Crippen LogP contribution is 2.27. The quantitative estimate of drug-likeness (QED) is 0.891. The molecule has 2 heterocycles. The second-order valence-corrected chi connectivity index (χ2v) is 6.88. The summed E-state index contributed by atoms with van der Waals surface area (Å²) in [5.41, 5.74) is 3.56. The number of nitrogens with zero attached hydrogens (tertiary/aromatic N) is 4. The molecule has 0 aliphatic heterocycles. The van der Waals surface area contributed by atoms with E-state index in [0.717, 1.165) is 23.8 Å². The van der Waals surface area contributed by atoms with Crippen molar-refractivity contribution in [3.8, 4) is 0 Å². The van der Waals surface area contributed by atoms with Crippen molar-refractivity contribution in [3.63, 3.8) is 0 Å². The first-order chi connectivity index (χ1) is 9.90. The van der Waals surface area contributed by atoms with Gasteiger partial charge < -0.3 is 10.2 Å². The van der Waals surface area contributed by atoms with Crippen molar-refractivity contribution < 1.29 is 0 Å². The minimum atomic E-state index is 0.420. The van der Waals surface area contributed by atoms with Crippen LogP contribution in [0.4, 0.5) is 5.82 Å². The van der Waals surface area contributed by atoms with Gasteiger partial charge in [0.1, 0.15) is 5.82 Å². The summed E-state index contributed by atoms with van der Waals surface area (Å²) >= 11 is 1.70. The van der Waals surface area contributed by atoms with Crippen LogP contribution in [0.25, 0.3) is 0 Å². The van der Waals surface area contributed by atoms with Crippen LogP contribution in [0.2, 0.25) is 0 Å². The van der Waals surface area contributed by atoms with Crippen molar-refractivity contribution in [1.82, 2.24) is 20.1 Å². The first-order valence-corrected chi connectivity index (χ1v) is 8.13. The highest BCUT2D eigenvalue weighted by Gasteiger charge is 2.19. The summed E-state index contributed by atoms with van der Waals surface area (Å²) in [6.45, 7) is 8.02. The molecule has 0 saturated heterocycles.